The Bertz CT molecular complexity index is 631. The lowest BCUT2D eigenvalue weighted by Crippen LogP contribution is -2.18. The van der Waals surface area contributed by atoms with Gasteiger partial charge < -0.3 is 10.1 Å². The molecule has 1 unspecified atom stereocenters. The third kappa shape index (κ3) is 4.00. The van der Waals surface area contributed by atoms with Crippen LogP contribution in [0.1, 0.15) is 24.1 Å². The molecule has 6 nitrogen and oxygen atoms in total. The number of non-ortho nitro benzene ring substituents is 1. The molecule has 0 fully saturated rings. The molecular weight excluding hydrogens is 270 g/mol. The minimum absolute atomic E-state index is 0.00376. The van der Waals surface area contributed by atoms with Crippen LogP contribution in [0.25, 0.3) is 0 Å². The van der Waals surface area contributed by atoms with E-state index in [0.717, 1.165) is 11.1 Å². The Kier molecular flexibility index (Phi) is 4.84. The van der Waals surface area contributed by atoms with Crippen LogP contribution < -0.4 is 10.1 Å². The summed E-state index contributed by atoms with van der Waals surface area (Å²) in [6.45, 7) is 2.60. The average molecular weight is 287 g/mol. The molecule has 110 valence electrons. The van der Waals surface area contributed by atoms with E-state index in [1.54, 1.807) is 25.4 Å². The zero-order chi connectivity index (χ0) is 15.2. The van der Waals surface area contributed by atoms with Crippen LogP contribution in [0.5, 0.6) is 5.88 Å². The normalized spacial score (nSPS) is 11.9. The molecule has 2 rings (SSSR count). The number of hydrogen-bond donors (Lipinski definition) is 1. The van der Waals surface area contributed by atoms with Crippen molar-refractivity contribution in [1.29, 1.82) is 0 Å². The van der Waals surface area contributed by atoms with E-state index in [1.165, 1.54) is 6.07 Å². The zero-order valence-electron chi connectivity index (χ0n) is 11.9. The lowest BCUT2D eigenvalue weighted by Gasteiger charge is -2.14. The monoisotopic (exact) mass is 287 g/mol. The molecule has 0 aliphatic carbocycles. The van der Waals surface area contributed by atoms with Crippen molar-refractivity contribution in [3.05, 3.63) is 63.8 Å². The van der Waals surface area contributed by atoms with E-state index >= 15 is 0 Å². The molecule has 6 heteroatoms. The van der Waals surface area contributed by atoms with E-state index in [0.29, 0.717) is 12.4 Å². The van der Waals surface area contributed by atoms with Crippen LogP contribution in [0.3, 0.4) is 0 Å². The fourth-order valence-corrected chi connectivity index (χ4v) is 1.97. The number of nitro benzene ring substituents is 1. The Balaban J connectivity index is 2.02. The van der Waals surface area contributed by atoms with Crippen molar-refractivity contribution in [3.8, 4) is 5.88 Å². The van der Waals surface area contributed by atoms with Gasteiger partial charge in [0.25, 0.3) is 5.69 Å². The fourth-order valence-electron chi connectivity index (χ4n) is 1.97. The maximum absolute atomic E-state index is 10.8. The van der Waals surface area contributed by atoms with Gasteiger partial charge in [-0.2, -0.15) is 0 Å². The van der Waals surface area contributed by atoms with Crippen molar-refractivity contribution in [1.82, 2.24) is 10.3 Å². The van der Waals surface area contributed by atoms with Gasteiger partial charge in [0.2, 0.25) is 5.88 Å². The Hall–Kier alpha value is -2.47. The summed E-state index contributed by atoms with van der Waals surface area (Å²) in [5.74, 6) is 0.567. The smallest absolute Gasteiger partial charge is 0.269 e. The highest BCUT2D eigenvalue weighted by Crippen LogP contribution is 2.19. The quantitative estimate of drug-likeness (QED) is 0.653. The number of pyridine rings is 1. The summed E-state index contributed by atoms with van der Waals surface area (Å²) in [6, 6.07) is 10.4. The van der Waals surface area contributed by atoms with Crippen molar-refractivity contribution < 1.29 is 9.66 Å². The van der Waals surface area contributed by atoms with E-state index < -0.39 is 0 Å². The van der Waals surface area contributed by atoms with Crippen molar-refractivity contribution >= 4 is 5.69 Å². The molecule has 21 heavy (non-hydrogen) atoms. The molecule has 1 atom stereocenters. The van der Waals surface area contributed by atoms with Gasteiger partial charge in [0, 0.05) is 37.0 Å². The van der Waals surface area contributed by atoms with Gasteiger partial charge in [0.05, 0.1) is 12.0 Å². The van der Waals surface area contributed by atoms with Crippen LogP contribution in [-0.4, -0.2) is 17.0 Å². The maximum atomic E-state index is 10.8. The molecule has 0 spiro atoms. The average Bonchev–Trinajstić information content (AvgIpc) is 2.53. The molecule has 0 radical (unpaired) electrons. The minimum Gasteiger partial charge on any atom is -0.481 e. The minimum atomic E-state index is -0.385. The summed E-state index contributed by atoms with van der Waals surface area (Å²) in [5.41, 5.74) is 2.02. The van der Waals surface area contributed by atoms with Gasteiger partial charge in [-0.3, -0.25) is 10.1 Å². The number of nitrogens with zero attached hydrogens (tertiary/aromatic N) is 2. The van der Waals surface area contributed by atoms with Crippen molar-refractivity contribution in [2.24, 2.45) is 0 Å². The first-order chi connectivity index (χ1) is 10.1. The largest absolute Gasteiger partial charge is 0.481 e. The van der Waals surface area contributed by atoms with Crippen LogP contribution in [0.2, 0.25) is 0 Å². The molecule has 0 saturated carbocycles. The summed E-state index contributed by atoms with van der Waals surface area (Å²) in [7, 11) is 1.57. The van der Waals surface area contributed by atoms with Crippen LogP contribution in [0, 0.1) is 10.1 Å². The van der Waals surface area contributed by atoms with Crippen LogP contribution in [-0.2, 0) is 6.54 Å². The molecule has 1 N–H and O–H groups in total. The van der Waals surface area contributed by atoms with E-state index in [1.807, 2.05) is 25.1 Å². The van der Waals surface area contributed by atoms with Gasteiger partial charge in [-0.1, -0.05) is 12.1 Å². The van der Waals surface area contributed by atoms with E-state index in [2.05, 4.69) is 10.3 Å². The number of aromatic nitrogens is 1. The molecule has 1 heterocycles. The third-order valence-corrected chi connectivity index (χ3v) is 3.20. The number of rotatable bonds is 6. The van der Waals surface area contributed by atoms with Crippen LogP contribution >= 0.6 is 0 Å². The highest BCUT2D eigenvalue weighted by molar-refractivity contribution is 5.35. The number of hydrogen-bond acceptors (Lipinski definition) is 5. The molecule has 0 saturated heterocycles. The number of nitrogens with one attached hydrogen (secondary N) is 1. The lowest BCUT2D eigenvalue weighted by molar-refractivity contribution is -0.384. The summed E-state index contributed by atoms with van der Waals surface area (Å²) in [4.78, 5) is 14.5. The molecule has 0 aliphatic rings. The van der Waals surface area contributed by atoms with Gasteiger partial charge in [0.15, 0.2) is 0 Å². The van der Waals surface area contributed by atoms with Crippen molar-refractivity contribution in [2.75, 3.05) is 7.11 Å². The topological polar surface area (TPSA) is 77.3 Å². The number of nitro groups is 1. The SMILES string of the molecule is COc1cc(CNC(C)c2cccc([N+](=O)[O-])c2)ccn1. The first-order valence-electron chi connectivity index (χ1n) is 6.57. The maximum Gasteiger partial charge on any atom is 0.269 e. The molecule has 2 aromatic rings. The highest BCUT2D eigenvalue weighted by Gasteiger charge is 2.10. The van der Waals surface area contributed by atoms with Gasteiger partial charge >= 0.3 is 0 Å². The summed E-state index contributed by atoms with van der Waals surface area (Å²) >= 11 is 0. The lowest BCUT2D eigenvalue weighted by atomic mass is 10.1. The molecule has 1 aromatic heterocycles. The van der Waals surface area contributed by atoms with Gasteiger partial charge in [0.1, 0.15) is 0 Å². The summed E-state index contributed by atoms with van der Waals surface area (Å²) in [6.07, 6.45) is 1.69. The van der Waals surface area contributed by atoms with Gasteiger partial charge in [-0.25, -0.2) is 4.98 Å². The van der Waals surface area contributed by atoms with Crippen molar-refractivity contribution in [3.63, 3.8) is 0 Å². The Morgan fingerprint density at radius 3 is 2.90 bits per heavy atom. The van der Waals surface area contributed by atoms with Gasteiger partial charge in [-0.05, 0) is 24.1 Å². The Morgan fingerprint density at radius 1 is 1.38 bits per heavy atom. The van der Waals surface area contributed by atoms with E-state index in [-0.39, 0.29) is 16.7 Å². The molecule has 0 aliphatic heterocycles. The molecule has 1 aromatic carbocycles. The zero-order valence-corrected chi connectivity index (χ0v) is 11.9. The second-order valence-corrected chi connectivity index (χ2v) is 4.66. The second kappa shape index (κ2) is 6.81. The fraction of sp³-hybridized carbons (Fsp3) is 0.267. The van der Waals surface area contributed by atoms with E-state index in [4.69, 9.17) is 4.74 Å². The Labute approximate surface area is 122 Å². The number of ether oxygens (including phenoxy) is 1. The first-order valence-corrected chi connectivity index (χ1v) is 6.57. The van der Waals surface area contributed by atoms with Gasteiger partial charge in [-0.15, -0.1) is 0 Å². The molecular formula is C15H17N3O3. The molecule has 0 bridgehead atoms. The number of methoxy groups -OCH3 is 1. The predicted molar refractivity (Wildman–Crippen MR) is 79.1 cm³/mol. The Morgan fingerprint density at radius 2 is 2.19 bits per heavy atom. The standard InChI is InChI=1S/C15H17N3O3/c1-11(13-4-3-5-14(9-13)18(19)20)17-10-12-6-7-16-15(8-12)21-2/h3-9,11,17H,10H2,1-2H3. The van der Waals surface area contributed by atoms with Crippen LogP contribution in [0.15, 0.2) is 42.6 Å². The van der Waals surface area contributed by atoms with E-state index in [9.17, 15) is 10.1 Å². The first kappa shape index (κ1) is 14.9. The summed E-state index contributed by atoms with van der Waals surface area (Å²) < 4.78 is 5.07. The molecule has 0 amide bonds. The number of benzene rings is 1. The van der Waals surface area contributed by atoms with Crippen LogP contribution in [0.4, 0.5) is 5.69 Å². The predicted octanol–water partition coefficient (Wildman–Crippen LogP) is 2.85. The second-order valence-electron chi connectivity index (χ2n) is 4.66. The highest BCUT2D eigenvalue weighted by atomic mass is 16.6. The third-order valence-electron chi connectivity index (χ3n) is 3.20. The van der Waals surface area contributed by atoms with Crippen molar-refractivity contribution in [2.45, 2.75) is 19.5 Å². The summed E-state index contributed by atoms with van der Waals surface area (Å²) in [5, 5.41) is 14.1.